The minimum absolute atomic E-state index is 0.125. The Morgan fingerprint density at radius 1 is 1.14 bits per heavy atom. The molecule has 1 saturated heterocycles. The summed E-state index contributed by atoms with van der Waals surface area (Å²) >= 11 is 5.95. The van der Waals surface area contributed by atoms with Gasteiger partial charge >= 0.3 is 0 Å². The van der Waals surface area contributed by atoms with Crippen LogP contribution in [0.5, 0.6) is 17.2 Å². The van der Waals surface area contributed by atoms with Crippen LogP contribution in [0.25, 0.3) is 0 Å². The van der Waals surface area contributed by atoms with E-state index in [0.29, 0.717) is 49.4 Å². The zero-order chi connectivity index (χ0) is 26.1. The average Bonchev–Trinajstić information content (AvgIpc) is 3.28. The number of rotatable bonds is 12. The summed E-state index contributed by atoms with van der Waals surface area (Å²) in [4.78, 5) is 6.53. The molecule has 1 atom stereocenters. The molecule has 0 amide bonds. The zero-order valence-corrected chi connectivity index (χ0v) is 22.3. The lowest BCUT2D eigenvalue weighted by molar-refractivity contribution is -0.0646. The number of aromatic nitrogens is 2. The molecule has 0 aliphatic carbocycles. The molecule has 1 fully saturated rings. The number of β-amino-alcohol motifs (C(OH)–C–C–N with tert-alkyl or cyclic N) is 1. The summed E-state index contributed by atoms with van der Waals surface area (Å²) in [5.41, 5.74) is -0.0612. The number of halogens is 1. The van der Waals surface area contributed by atoms with E-state index >= 15 is 0 Å². The van der Waals surface area contributed by atoms with Gasteiger partial charge in [-0.05, 0) is 48.4 Å². The predicted molar refractivity (Wildman–Crippen MR) is 143 cm³/mol. The third kappa shape index (κ3) is 7.85. The molecule has 200 valence electrons. The summed E-state index contributed by atoms with van der Waals surface area (Å²) in [7, 11) is 1.65. The minimum atomic E-state index is -1.13. The largest absolute Gasteiger partial charge is 0.493 e. The first kappa shape index (κ1) is 27.3. The molecule has 1 aliphatic rings. The van der Waals surface area contributed by atoms with Crippen LogP contribution >= 0.6 is 11.6 Å². The van der Waals surface area contributed by atoms with Crippen molar-refractivity contribution in [3.8, 4) is 17.2 Å². The molecule has 1 aromatic heterocycles. The highest BCUT2D eigenvalue weighted by Crippen LogP contribution is 2.29. The molecule has 0 bridgehead atoms. The second-order valence-electron chi connectivity index (χ2n) is 9.31. The van der Waals surface area contributed by atoms with E-state index in [9.17, 15) is 5.11 Å². The number of hydrogen-bond acceptors (Lipinski definition) is 7. The van der Waals surface area contributed by atoms with E-state index < -0.39 is 5.60 Å². The minimum Gasteiger partial charge on any atom is -0.493 e. The predicted octanol–water partition coefficient (Wildman–Crippen LogP) is 4.22. The Labute approximate surface area is 223 Å². The molecular formula is C28H36ClN3O5. The SMILES string of the molecule is CCc1nccn1CCCOc1ccc(CN2CCOC[C@](O)(COc3ccc(Cl)cc3)C2)cc1OC. The fourth-order valence-corrected chi connectivity index (χ4v) is 4.56. The molecule has 2 aromatic carbocycles. The van der Waals surface area contributed by atoms with Crippen molar-refractivity contribution in [2.75, 3.05) is 46.6 Å². The van der Waals surface area contributed by atoms with E-state index in [2.05, 4.69) is 21.4 Å². The van der Waals surface area contributed by atoms with E-state index in [1.165, 1.54) is 0 Å². The van der Waals surface area contributed by atoms with Crippen LogP contribution in [0.15, 0.2) is 54.9 Å². The number of aliphatic hydroxyl groups is 1. The van der Waals surface area contributed by atoms with Crippen molar-refractivity contribution >= 4 is 11.6 Å². The first-order valence-electron chi connectivity index (χ1n) is 12.7. The van der Waals surface area contributed by atoms with Crippen LogP contribution < -0.4 is 14.2 Å². The van der Waals surface area contributed by atoms with Crippen molar-refractivity contribution in [1.29, 1.82) is 0 Å². The zero-order valence-electron chi connectivity index (χ0n) is 21.6. The van der Waals surface area contributed by atoms with E-state index in [1.54, 1.807) is 31.4 Å². The van der Waals surface area contributed by atoms with Crippen molar-refractivity contribution in [2.24, 2.45) is 0 Å². The summed E-state index contributed by atoms with van der Waals surface area (Å²) in [6.07, 6.45) is 5.64. The molecular weight excluding hydrogens is 494 g/mol. The summed E-state index contributed by atoms with van der Waals surface area (Å²) in [6, 6.07) is 13.1. The van der Waals surface area contributed by atoms with Gasteiger partial charge in [-0.1, -0.05) is 24.6 Å². The molecule has 4 rings (SSSR count). The Hall–Kier alpha value is -2.78. The number of hydrogen-bond donors (Lipinski definition) is 1. The van der Waals surface area contributed by atoms with Crippen molar-refractivity contribution in [3.63, 3.8) is 0 Å². The topological polar surface area (TPSA) is 78.2 Å². The lowest BCUT2D eigenvalue weighted by Crippen LogP contribution is -2.48. The summed E-state index contributed by atoms with van der Waals surface area (Å²) in [5, 5.41) is 11.9. The van der Waals surface area contributed by atoms with E-state index in [4.69, 9.17) is 30.5 Å². The Kier molecular flexibility index (Phi) is 9.68. The monoisotopic (exact) mass is 529 g/mol. The molecule has 3 aromatic rings. The highest BCUT2D eigenvalue weighted by molar-refractivity contribution is 6.30. The fraction of sp³-hybridized carbons (Fsp3) is 0.464. The summed E-state index contributed by atoms with van der Waals surface area (Å²) < 4.78 is 25.3. The second kappa shape index (κ2) is 13.1. The molecule has 0 unspecified atom stereocenters. The van der Waals surface area contributed by atoms with Gasteiger partial charge < -0.3 is 28.6 Å². The quantitative estimate of drug-likeness (QED) is 0.352. The van der Waals surface area contributed by atoms with Gasteiger partial charge in [0.05, 0.1) is 26.9 Å². The maximum absolute atomic E-state index is 11.2. The van der Waals surface area contributed by atoms with E-state index in [-0.39, 0.29) is 13.2 Å². The number of benzene rings is 2. The molecule has 8 nitrogen and oxygen atoms in total. The molecule has 37 heavy (non-hydrogen) atoms. The van der Waals surface area contributed by atoms with Crippen LogP contribution in [0.4, 0.5) is 0 Å². The maximum atomic E-state index is 11.2. The van der Waals surface area contributed by atoms with Crippen LogP contribution in [0, 0.1) is 0 Å². The Morgan fingerprint density at radius 2 is 1.97 bits per heavy atom. The summed E-state index contributed by atoms with van der Waals surface area (Å²) in [6.45, 7) is 6.21. The van der Waals surface area contributed by atoms with Gasteiger partial charge in [0, 0.05) is 50.0 Å². The Morgan fingerprint density at radius 3 is 2.76 bits per heavy atom. The van der Waals surface area contributed by atoms with Gasteiger partial charge in [-0.2, -0.15) is 0 Å². The number of ether oxygens (including phenoxy) is 4. The van der Waals surface area contributed by atoms with Crippen molar-refractivity contribution in [2.45, 2.75) is 38.5 Å². The molecule has 2 heterocycles. The lowest BCUT2D eigenvalue weighted by Gasteiger charge is -2.30. The van der Waals surface area contributed by atoms with Gasteiger partial charge in [-0.15, -0.1) is 0 Å². The van der Waals surface area contributed by atoms with Crippen molar-refractivity contribution < 1.29 is 24.1 Å². The fourth-order valence-electron chi connectivity index (χ4n) is 4.43. The highest BCUT2D eigenvalue weighted by Gasteiger charge is 2.33. The van der Waals surface area contributed by atoms with E-state index in [1.807, 2.05) is 30.6 Å². The lowest BCUT2D eigenvalue weighted by atomic mass is 10.1. The van der Waals surface area contributed by atoms with Crippen LogP contribution in [-0.4, -0.2) is 71.8 Å². The maximum Gasteiger partial charge on any atom is 0.161 e. The van der Waals surface area contributed by atoms with Crippen molar-refractivity contribution in [3.05, 3.63) is 71.3 Å². The van der Waals surface area contributed by atoms with Gasteiger partial charge in [0.15, 0.2) is 11.5 Å². The molecule has 0 saturated carbocycles. The molecule has 1 N–H and O–H groups in total. The Bertz CT molecular complexity index is 1120. The van der Waals surface area contributed by atoms with Gasteiger partial charge in [0.25, 0.3) is 0 Å². The third-order valence-electron chi connectivity index (χ3n) is 6.31. The van der Waals surface area contributed by atoms with Gasteiger partial charge in [0.2, 0.25) is 0 Å². The highest BCUT2D eigenvalue weighted by atomic mass is 35.5. The molecule has 0 radical (unpaired) electrons. The van der Waals surface area contributed by atoms with Gasteiger partial charge in [-0.25, -0.2) is 4.98 Å². The molecule has 1 aliphatic heterocycles. The molecule has 0 spiro atoms. The van der Waals surface area contributed by atoms with Gasteiger partial charge in [0.1, 0.15) is 23.8 Å². The smallest absolute Gasteiger partial charge is 0.161 e. The summed E-state index contributed by atoms with van der Waals surface area (Å²) in [5.74, 6) is 3.16. The number of imidazole rings is 1. The first-order valence-corrected chi connectivity index (χ1v) is 13.1. The normalized spacial score (nSPS) is 18.4. The Balaban J connectivity index is 1.31. The number of methoxy groups -OCH3 is 1. The number of aryl methyl sites for hydroxylation is 2. The van der Waals surface area contributed by atoms with Crippen LogP contribution in [0.2, 0.25) is 5.02 Å². The van der Waals surface area contributed by atoms with Crippen LogP contribution in [0.1, 0.15) is 24.7 Å². The van der Waals surface area contributed by atoms with E-state index in [0.717, 1.165) is 36.5 Å². The third-order valence-corrected chi connectivity index (χ3v) is 6.57. The first-order chi connectivity index (χ1) is 18.0. The number of nitrogens with zero attached hydrogens (tertiary/aromatic N) is 3. The van der Waals surface area contributed by atoms with Crippen molar-refractivity contribution in [1.82, 2.24) is 14.5 Å². The second-order valence-corrected chi connectivity index (χ2v) is 9.74. The average molecular weight is 530 g/mol. The van der Waals surface area contributed by atoms with Crippen LogP contribution in [0.3, 0.4) is 0 Å². The van der Waals surface area contributed by atoms with Crippen LogP contribution in [-0.2, 0) is 24.2 Å². The molecule has 9 heteroatoms. The van der Waals surface area contributed by atoms with Gasteiger partial charge in [-0.3, -0.25) is 4.90 Å². The standard InChI is InChI=1S/C28H36ClN3O5/c1-3-27-30-11-13-32(27)12-4-15-36-25-10-5-22(17-26(25)34-2)18-31-14-16-35-20-28(33,19-31)21-37-24-8-6-23(29)7-9-24/h5-11,13,17,33H,3-4,12,14-16,18-21H2,1-2H3/t28-/m0/s1.